The highest BCUT2D eigenvalue weighted by molar-refractivity contribution is 5.86. The second-order valence-electron chi connectivity index (χ2n) is 5.67. The summed E-state index contributed by atoms with van der Waals surface area (Å²) in [5, 5.41) is 3.99. The van der Waals surface area contributed by atoms with Gasteiger partial charge < -0.3 is 14.2 Å². The molecule has 0 aliphatic rings. The smallest absolute Gasteiger partial charge is 0.323 e. The van der Waals surface area contributed by atoms with Crippen molar-refractivity contribution >= 4 is 12.1 Å². The van der Waals surface area contributed by atoms with Gasteiger partial charge in [-0.3, -0.25) is 4.79 Å². The molecule has 1 N–H and O–H groups in total. The molecule has 0 aromatic heterocycles. The summed E-state index contributed by atoms with van der Waals surface area (Å²) in [4.78, 5) is 12.6. The summed E-state index contributed by atoms with van der Waals surface area (Å²) < 4.78 is 16.6. The van der Waals surface area contributed by atoms with Crippen LogP contribution in [0, 0.1) is 0 Å². The molecule has 0 atom stereocenters. The third kappa shape index (κ3) is 5.35. The van der Waals surface area contributed by atoms with Gasteiger partial charge in [-0.2, -0.15) is 5.10 Å². The van der Waals surface area contributed by atoms with Gasteiger partial charge in [0, 0.05) is 5.56 Å². The minimum atomic E-state index is -1.21. The highest BCUT2D eigenvalue weighted by Crippen LogP contribution is 2.16. The third-order valence-corrected chi connectivity index (χ3v) is 3.70. The molecule has 0 radical (unpaired) electrons. The van der Waals surface area contributed by atoms with E-state index in [0.29, 0.717) is 17.2 Å². The number of nitrogens with zero attached hydrogens (tertiary/aromatic N) is 1. The molecule has 28 heavy (non-hydrogen) atoms. The van der Waals surface area contributed by atoms with Gasteiger partial charge in [-0.1, -0.05) is 48.5 Å². The summed E-state index contributed by atoms with van der Waals surface area (Å²) in [6.45, 7) is 0. The van der Waals surface area contributed by atoms with Crippen LogP contribution in [-0.4, -0.2) is 25.5 Å². The molecule has 3 aromatic rings. The minimum absolute atomic E-state index is 0.507. The van der Waals surface area contributed by atoms with E-state index in [9.17, 15) is 4.79 Å². The van der Waals surface area contributed by atoms with Crippen LogP contribution in [0.2, 0.25) is 0 Å². The summed E-state index contributed by atoms with van der Waals surface area (Å²) in [6, 6.07) is 25.3. The Kier molecular flexibility index (Phi) is 6.62. The molecular weight excluding hydrogens is 356 g/mol. The molecule has 6 heteroatoms. The first-order chi connectivity index (χ1) is 13.8. The van der Waals surface area contributed by atoms with E-state index >= 15 is 0 Å². The topological polar surface area (TPSA) is 69.2 Å². The molecule has 6 nitrogen and oxygen atoms in total. The molecule has 0 aliphatic carbocycles. The molecule has 0 spiro atoms. The molecule has 0 saturated heterocycles. The van der Waals surface area contributed by atoms with Crippen LogP contribution in [0.25, 0.3) is 0 Å². The maximum atomic E-state index is 12.6. The van der Waals surface area contributed by atoms with Crippen LogP contribution >= 0.6 is 0 Å². The normalized spacial score (nSPS) is 10.6. The van der Waals surface area contributed by atoms with Gasteiger partial charge in [0.15, 0.2) is 0 Å². The molecule has 3 rings (SSSR count). The number of hydrazone groups is 1. The molecule has 3 aromatic carbocycles. The van der Waals surface area contributed by atoms with Gasteiger partial charge in [0.05, 0.1) is 13.3 Å². The molecule has 0 bridgehead atoms. The Hall–Kier alpha value is -3.80. The fourth-order valence-electron chi connectivity index (χ4n) is 2.37. The number of hydrogen-bond donors (Lipinski definition) is 1. The minimum Gasteiger partial charge on any atom is -0.496 e. The van der Waals surface area contributed by atoms with E-state index in [1.165, 1.54) is 6.21 Å². The van der Waals surface area contributed by atoms with Gasteiger partial charge >= 0.3 is 12.2 Å². The molecule has 0 unspecified atom stereocenters. The van der Waals surface area contributed by atoms with Crippen LogP contribution in [-0.2, 0) is 4.79 Å². The number of amides is 1. The van der Waals surface area contributed by atoms with E-state index in [0.717, 1.165) is 5.56 Å². The van der Waals surface area contributed by atoms with Crippen LogP contribution in [0.4, 0.5) is 0 Å². The van der Waals surface area contributed by atoms with E-state index < -0.39 is 12.2 Å². The first kappa shape index (κ1) is 19.0. The second kappa shape index (κ2) is 9.78. The number of benzene rings is 3. The van der Waals surface area contributed by atoms with Gasteiger partial charge in [0.25, 0.3) is 0 Å². The third-order valence-electron chi connectivity index (χ3n) is 3.70. The summed E-state index contributed by atoms with van der Waals surface area (Å²) in [5.74, 6) is 1.12. The highest BCUT2D eigenvalue weighted by atomic mass is 16.7. The number of carbonyl (C=O) groups is 1. The number of nitrogens with one attached hydrogen (secondary N) is 1. The summed E-state index contributed by atoms with van der Waals surface area (Å²) in [7, 11) is 1.57. The quantitative estimate of drug-likeness (QED) is 0.370. The van der Waals surface area contributed by atoms with E-state index in [1.54, 1.807) is 31.4 Å². The number of ether oxygens (including phenoxy) is 3. The zero-order valence-corrected chi connectivity index (χ0v) is 15.3. The zero-order chi connectivity index (χ0) is 19.6. The van der Waals surface area contributed by atoms with Gasteiger partial charge in [-0.15, -0.1) is 0 Å². The number of rotatable bonds is 8. The Labute approximate surface area is 163 Å². The molecule has 0 saturated carbocycles. The van der Waals surface area contributed by atoms with Crippen LogP contribution < -0.4 is 19.6 Å². The Morgan fingerprint density at radius 1 is 0.857 bits per heavy atom. The van der Waals surface area contributed by atoms with E-state index in [1.807, 2.05) is 60.7 Å². The summed E-state index contributed by atoms with van der Waals surface area (Å²) in [5.41, 5.74) is 3.18. The van der Waals surface area contributed by atoms with Crippen LogP contribution in [0.3, 0.4) is 0 Å². The van der Waals surface area contributed by atoms with E-state index in [-0.39, 0.29) is 0 Å². The Morgan fingerprint density at radius 2 is 1.39 bits per heavy atom. The summed E-state index contributed by atoms with van der Waals surface area (Å²) >= 11 is 0. The molecule has 142 valence electrons. The SMILES string of the molecule is COc1ccccc1/C=N\NC(=O)C(Oc1ccccc1)Oc1ccccc1. The highest BCUT2D eigenvalue weighted by Gasteiger charge is 2.22. The van der Waals surface area contributed by atoms with Gasteiger partial charge in [0.1, 0.15) is 17.2 Å². The molecule has 0 aliphatic heterocycles. The van der Waals surface area contributed by atoms with Crippen molar-refractivity contribution in [1.82, 2.24) is 5.43 Å². The first-order valence-corrected chi connectivity index (χ1v) is 8.65. The average molecular weight is 376 g/mol. The molecular formula is C22H20N2O4. The second-order valence-corrected chi connectivity index (χ2v) is 5.67. The lowest BCUT2D eigenvalue weighted by Gasteiger charge is -2.18. The lowest BCUT2D eigenvalue weighted by atomic mass is 10.2. The van der Waals surface area contributed by atoms with Crippen molar-refractivity contribution in [3.05, 3.63) is 90.5 Å². The maximum absolute atomic E-state index is 12.6. The standard InChI is InChI=1S/C22H20N2O4/c1-26-20-15-9-8-10-17(20)16-23-24-21(25)22(27-18-11-4-2-5-12-18)28-19-13-6-3-7-14-19/h2-16,22H,1H3,(H,24,25)/b23-16-. The first-order valence-electron chi connectivity index (χ1n) is 8.65. The number of carbonyl (C=O) groups excluding carboxylic acids is 1. The number of methoxy groups -OCH3 is 1. The van der Waals surface area contributed by atoms with Gasteiger partial charge in [-0.05, 0) is 36.4 Å². The molecule has 0 heterocycles. The number of hydrogen-bond acceptors (Lipinski definition) is 5. The van der Waals surface area contributed by atoms with Crippen molar-refractivity contribution in [3.63, 3.8) is 0 Å². The van der Waals surface area contributed by atoms with Crippen molar-refractivity contribution in [2.24, 2.45) is 5.10 Å². The molecule has 0 fully saturated rings. The monoisotopic (exact) mass is 376 g/mol. The predicted octanol–water partition coefficient (Wildman–Crippen LogP) is 3.63. The zero-order valence-electron chi connectivity index (χ0n) is 15.3. The fraction of sp³-hybridized carbons (Fsp3) is 0.0909. The average Bonchev–Trinajstić information content (AvgIpc) is 2.75. The summed E-state index contributed by atoms with van der Waals surface area (Å²) in [6.07, 6.45) is 0.290. The van der Waals surface area contributed by atoms with Crippen LogP contribution in [0.1, 0.15) is 5.56 Å². The van der Waals surface area contributed by atoms with Gasteiger partial charge in [0.2, 0.25) is 0 Å². The van der Waals surface area contributed by atoms with Crippen molar-refractivity contribution in [1.29, 1.82) is 0 Å². The van der Waals surface area contributed by atoms with E-state index in [4.69, 9.17) is 14.2 Å². The maximum Gasteiger partial charge on any atom is 0.323 e. The Bertz CT molecular complexity index is 873. The Morgan fingerprint density at radius 3 is 1.96 bits per heavy atom. The molecule has 1 amide bonds. The largest absolute Gasteiger partial charge is 0.496 e. The lowest BCUT2D eigenvalue weighted by molar-refractivity contribution is -0.140. The van der Waals surface area contributed by atoms with Gasteiger partial charge in [-0.25, -0.2) is 5.43 Å². The van der Waals surface area contributed by atoms with E-state index in [2.05, 4.69) is 10.5 Å². The van der Waals surface area contributed by atoms with Crippen molar-refractivity contribution in [2.75, 3.05) is 7.11 Å². The van der Waals surface area contributed by atoms with Crippen molar-refractivity contribution in [3.8, 4) is 17.2 Å². The van der Waals surface area contributed by atoms with Crippen molar-refractivity contribution in [2.45, 2.75) is 6.29 Å². The van der Waals surface area contributed by atoms with Crippen LogP contribution in [0.15, 0.2) is 90.0 Å². The van der Waals surface area contributed by atoms with Crippen LogP contribution in [0.5, 0.6) is 17.2 Å². The fourth-order valence-corrected chi connectivity index (χ4v) is 2.37. The van der Waals surface area contributed by atoms with Crippen molar-refractivity contribution < 1.29 is 19.0 Å². The Balaban J connectivity index is 1.71. The lowest BCUT2D eigenvalue weighted by Crippen LogP contribution is -2.40. The predicted molar refractivity (Wildman–Crippen MR) is 107 cm³/mol. The number of para-hydroxylation sites is 3.